The Labute approximate surface area is 129 Å². The molecule has 0 spiro atoms. The Morgan fingerprint density at radius 2 is 2.18 bits per heavy atom. The smallest absolute Gasteiger partial charge is 0.359 e. The molecule has 7 nitrogen and oxygen atoms in total. The van der Waals surface area contributed by atoms with Gasteiger partial charge >= 0.3 is 5.97 Å². The van der Waals surface area contributed by atoms with E-state index in [-0.39, 0.29) is 17.0 Å². The maximum atomic E-state index is 12.1. The number of rotatable bonds is 5. The van der Waals surface area contributed by atoms with Gasteiger partial charge in [-0.1, -0.05) is 39.3 Å². The molecule has 0 fully saturated rings. The Bertz CT molecular complexity index is 639. The molecule has 2 aromatic heterocycles. The lowest BCUT2D eigenvalue weighted by atomic mass is 9.96. The first-order valence-electron chi connectivity index (χ1n) is 7.40. The summed E-state index contributed by atoms with van der Waals surface area (Å²) in [6.07, 6.45) is 1.20. The van der Waals surface area contributed by atoms with E-state index in [0.29, 0.717) is 5.82 Å². The summed E-state index contributed by atoms with van der Waals surface area (Å²) in [5.41, 5.74) is 0.948. The molecule has 1 atom stereocenters. The van der Waals surface area contributed by atoms with Crippen molar-refractivity contribution < 1.29 is 14.1 Å². The number of carbonyl (C=O) groups excluding carboxylic acids is 1. The molecule has 0 saturated carbocycles. The normalized spacial score (nSPS) is 13.1. The van der Waals surface area contributed by atoms with Gasteiger partial charge in [0.2, 0.25) is 0 Å². The van der Waals surface area contributed by atoms with Crippen LogP contribution in [0.5, 0.6) is 0 Å². The number of hydrogen-bond donors (Lipinski definition) is 1. The van der Waals surface area contributed by atoms with Crippen LogP contribution in [0.4, 0.5) is 0 Å². The minimum atomic E-state index is -0.623. The Hall–Kier alpha value is -2.18. The van der Waals surface area contributed by atoms with Crippen molar-refractivity contribution in [1.82, 2.24) is 20.3 Å². The predicted molar refractivity (Wildman–Crippen MR) is 79.4 cm³/mol. The van der Waals surface area contributed by atoms with Gasteiger partial charge in [0.05, 0.1) is 0 Å². The van der Waals surface area contributed by atoms with E-state index in [1.165, 1.54) is 0 Å². The second-order valence-electron chi connectivity index (χ2n) is 6.28. The molecule has 0 saturated heterocycles. The fraction of sp³-hybridized carbons (Fsp3) is 0.600. The summed E-state index contributed by atoms with van der Waals surface area (Å²) >= 11 is 0. The third-order valence-electron chi connectivity index (χ3n) is 3.10. The van der Waals surface area contributed by atoms with E-state index in [4.69, 9.17) is 9.26 Å². The fourth-order valence-electron chi connectivity index (χ4n) is 1.84. The van der Waals surface area contributed by atoms with Crippen molar-refractivity contribution in [2.24, 2.45) is 0 Å². The lowest BCUT2D eigenvalue weighted by Gasteiger charge is -2.11. The molecule has 2 rings (SSSR count). The number of carbonyl (C=O) groups is 1. The fourth-order valence-corrected chi connectivity index (χ4v) is 1.84. The highest BCUT2D eigenvalue weighted by Gasteiger charge is 2.25. The molecule has 2 aromatic rings. The summed E-state index contributed by atoms with van der Waals surface area (Å²) in [6, 6.07) is 1.70. The third kappa shape index (κ3) is 3.72. The summed E-state index contributed by atoms with van der Waals surface area (Å²) in [6.45, 7) is 9.70. The van der Waals surface area contributed by atoms with Crippen molar-refractivity contribution in [3.8, 4) is 0 Å². The number of aromatic amines is 1. The zero-order valence-corrected chi connectivity index (χ0v) is 13.6. The second-order valence-corrected chi connectivity index (χ2v) is 6.28. The van der Waals surface area contributed by atoms with Crippen molar-refractivity contribution in [3.63, 3.8) is 0 Å². The molecule has 0 radical (unpaired) electrons. The average Bonchev–Trinajstić information content (AvgIpc) is 3.07. The minimum Gasteiger partial charge on any atom is -0.448 e. The highest BCUT2D eigenvalue weighted by molar-refractivity contribution is 5.87. The van der Waals surface area contributed by atoms with Crippen LogP contribution in [0.15, 0.2) is 10.6 Å². The molecule has 1 N–H and O–H groups in total. The summed E-state index contributed by atoms with van der Waals surface area (Å²) in [5, 5.41) is 10.7. The van der Waals surface area contributed by atoms with E-state index in [1.807, 2.05) is 20.8 Å². The summed E-state index contributed by atoms with van der Waals surface area (Å²) in [5.74, 6) is 0.347. The quantitative estimate of drug-likeness (QED) is 0.853. The van der Waals surface area contributed by atoms with Gasteiger partial charge in [-0.2, -0.15) is 10.1 Å². The van der Waals surface area contributed by atoms with Crippen molar-refractivity contribution >= 4 is 5.97 Å². The van der Waals surface area contributed by atoms with E-state index in [1.54, 1.807) is 13.0 Å². The lowest BCUT2D eigenvalue weighted by Crippen LogP contribution is -2.14. The molecule has 0 aliphatic heterocycles. The van der Waals surface area contributed by atoms with E-state index in [2.05, 4.69) is 27.3 Å². The number of H-pyrrole nitrogens is 1. The molecule has 0 bridgehead atoms. The standard InChI is InChI=1S/C15H22N4O3/c1-6-7-10-8-11(18-17-10)13(20)21-9(2)12-16-14(19-22-12)15(3,4)5/h8-9H,6-7H2,1-5H3,(H,17,18). The molecule has 7 heteroatoms. The van der Waals surface area contributed by atoms with Crippen LogP contribution in [0.1, 0.15) is 75.0 Å². The number of nitrogens with one attached hydrogen (secondary N) is 1. The van der Waals surface area contributed by atoms with Gasteiger partial charge in [-0.05, 0) is 19.4 Å². The number of hydrogen-bond acceptors (Lipinski definition) is 6. The highest BCUT2D eigenvalue weighted by Crippen LogP contribution is 2.22. The maximum absolute atomic E-state index is 12.1. The monoisotopic (exact) mass is 306 g/mol. The van der Waals surface area contributed by atoms with Gasteiger partial charge in [-0.3, -0.25) is 5.10 Å². The van der Waals surface area contributed by atoms with Crippen LogP contribution in [0.2, 0.25) is 0 Å². The Morgan fingerprint density at radius 3 is 2.77 bits per heavy atom. The zero-order valence-electron chi connectivity index (χ0n) is 13.6. The van der Waals surface area contributed by atoms with Crippen LogP contribution in [-0.2, 0) is 16.6 Å². The lowest BCUT2D eigenvalue weighted by molar-refractivity contribution is 0.0258. The highest BCUT2D eigenvalue weighted by atomic mass is 16.6. The van der Waals surface area contributed by atoms with Gasteiger partial charge in [0.15, 0.2) is 17.6 Å². The maximum Gasteiger partial charge on any atom is 0.359 e. The van der Waals surface area contributed by atoms with Gasteiger partial charge in [0, 0.05) is 11.1 Å². The number of nitrogens with zero attached hydrogens (tertiary/aromatic N) is 3. The summed E-state index contributed by atoms with van der Waals surface area (Å²) in [4.78, 5) is 16.3. The number of ether oxygens (including phenoxy) is 1. The Kier molecular flexibility index (Phi) is 4.63. The van der Waals surface area contributed by atoms with E-state index in [0.717, 1.165) is 18.5 Å². The van der Waals surface area contributed by atoms with Crippen LogP contribution in [0.3, 0.4) is 0 Å². The van der Waals surface area contributed by atoms with Crippen LogP contribution in [0.25, 0.3) is 0 Å². The van der Waals surface area contributed by atoms with Gasteiger partial charge < -0.3 is 9.26 Å². The molecule has 120 valence electrons. The third-order valence-corrected chi connectivity index (χ3v) is 3.10. The average molecular weight is 306 g/mol. The largest absolute Gasteiger partial charge is 0.448 e. The van der Waals surface area contributed by atoms with Crippen molar-refractivity contribution in [2.75, 3.05) is 0 Å². The molecular weight excluding hydrogens is 284 g/mol. The molecule has 0 aromatic carbocycles. The van der Waals surface area contributed by atoms with Crippen molar-refractivity contribution in [2.45, 2.75) is 59.0 Å². The summed E-state index contributed by atoms with van der Waals surface area (Å²) < 4.78 is 10.5. The Balaban J connectivity index is 2.02. The molecule has 0 aliphatic rings. The van der Waals surface area contributed by atoms with Crippen LogP contribution in [-0.4, -0.2) is 26.3 Å². The van der Waals surface area contributed by atoms with Gasteiger partial charge in [-0.15, -0.1) is 0 Å². The SMILES string of the molecule is CCCc1cc(C(=O)OC(C)c2nc(C(C)(C)C)no2)n[nH]1. The molecule has 0 aliphatic carbocycles. The first kappa shape index (κ1) is 16.2. The molecular formula is C15H22N4O3. The van der Waals surface area contributed by atoms with Gasteiger partial charge in [0.1, 0.15) is 0 Å². The van der Waals surface area contributed by atoms with Gasteiger partial charge in [-0.25, -0.2) is 4.79 Å². The molecule has 22 heavy (non-hydrogen) atoms. The molecule has 2 heterocycles. The second kappa shape index (κ2) is 6.29. The van der Waals surface area contributed by atoms with Crippen LogP contribution >= 0.6 is 0 Å². The first-order chi connectivity index (χ1) is 10.3. The molecule has 1 unspecified atom stereocenters. The van der Waals surface area contributed by atoms with E-state index >= 15 is 0 Å². The van der Waals surface area contributed by atoms with Gasteiger partial charge in [0.25, 0.3) is 5.89 Å². The Morgan fingerprint density at radius 1 is 1.45 bits per heavy atom. The van der Waals surface area contributed by atoms with Crippen LogP contribution < -0.4 is 0 Å². The minimum absolute atomic E-state index is 0.220. The summed E-state index contributed by atoms with van der Waals surface area (Å²) in [7, 11) is 0. The van der Waals surface area contributed by atoms with Crippen molar-refractivity contribution in [3.05, 3.63) is 29.2 Å². The van der Waals surface area contributed by atoms with E-state index in [9.17, 15) is 4.79 Å². The zero-order chi connectivity index (χ0) is 16.3. The first-order valence-corrected chi connectivity index (χ1v) is 7.40. The van der Waals surface area contributed by atoms with E-state index < -0.39 is 12.1 Å². The van der Waals surface area contributed by atoms with Crippen LogP contribution in [0, 0.1) is 0 Å². The topological polar surface area (TPSA) is 93.9 Å². The van der Waals surface area contributed by atoms with Crippen molar-refractivity contribution in [1.29, 1.82) is 0 Å². The number of aryl methyl sites for hydroxylation is 1. The number of esters is 1. The number of aromatic nitrogens is 4. The molecule has 0 amide bonds. The predicted octanol–water partition coefficient (Wildman–Crippen LogP) is 2.96.